The highest BCUT2D eigenvalue weighted by Gasteiger charge is 2.16. The van der Waals surface area contributed by atoms with E-state index < -0.39 is 0 Å². The molecule has 1 aromatic carbocycles. The van der Waals surface area contributed by atoms with Crippen LogP contribution in [0.15, 0.2) is 18.2 Å². The monoisotopic (exact) mass is 269 g/mol. The molecule has 100 valence electrons. The Morgan fingerprint density at radius 1 is 1.44 bits per heavy atom. The van der Waals surface area contributed by atoms with E-state index in [0.29, 0.717) is 5.69 Å². The van der Waals surface area contributed by atoms with Crippen molar-refractivity contribution in [1.29, 1.82) is 0 Å². The van der Waals surface area contributed by atoms with E-state index in [4.69, 9.17) is 11.6 Å². The highest BCUT2D eigenvalue weighted by atomic mass is 35.5. The molecule has 0 fully saturated rings. The van der Waals surface area contributed by atoms with E-state index in [1.54, 1.807) is 12.1 Å². The summed E-state index contributed by atoms with van der Waals surface area (Å²) in [5.74, 6) is 0.0199. The number of rotatable bonds is 6. The molecular weight excluding hydrogens is 250 g/mol. The lowest BCUT2D eigenvalue weighted by atomic mass is 9.98. The number of nitrogens with one attached hydrogen (secondary N) is 1. The summed E-state index contributed by atoms with van der Waals surface area (Å²) < 4.78 is 0. The molecule has 0 heterocycles. The zero-order valence-electron chi connectivity index (χ0n) is 10.9. The molecule has 0 aliphatic carbocycles. The quantitative estimate of drug-likeness (QED) is 0.813. The van der Waals surface area contributed by atoms with E-state index in [1.165, 1.54) is 6.07 Å². The first-order valence-corrected chi connectivity index (χ1v) is 6.75. The first kappa shape index (κ1) is 14.8. The van der Waals surface area contributed by atoms with Crippen LogP contribution in [0.2, 0.25) is 5.02 Å². The van der Waals surface area contributed by atoms with Crippen molar-refractivity contribution in [3.05, 3.63) is 23.2 Å². The summed E-state index contributed by atoms with van der Waals surface area (Å²) in [5.41, 5.74) is 0.580. The molecule has 1 rings (SSSR count). The Morgan fingerprint density at radius 2 is 2.17 bits per heavy atom. The summed E-state index contributed by atoms with van der Waals surface area (Å²) in [6, 6.07) is 4.72. The van der Waals surface area contributed by atoms with Crippen molar-refractivity contribution in [3.8, 4) is 5.75 Å². The number of benzene rings is 1. The summed E-state index contributed by atoms with van der Waals surface area (Å²) in [6.45, 7) is 4.13. The average Bonchev–Trinajstić information content (AvgIpc) is 2.35. The van der Waals surface area contributed by atoms with Crippen molar-refractivity contribution < 1.29 is 9.90 Å². The minimum atomic E-state index is -0.0175. The van der Waals surface area contributed by atoms with Crippen LogP contribution in [0.25, 0.3) is 0 Å². The minimum Gasteiger partial charge on any atom is -0.506 e. The van der Waals surface area contributed by atoms with E-state index in [0.717, 1.165) is 25.7 Å². The standard InChI is InChI=1S/C14H20ClNO2/c1-3-5-6-10(4-2)14(18)16-11-7-8-12(15)13(17)9-11/h7-10,17H,3-6H2,1-2H3,(H,16,18). The van der Waals surface area contributed by atoms with Gasteiger partial charge < -0.3 is 10.4 Å². The second-order valence-corrected chi connectivity index (χ2v) is 4.81. The summed E-state index contributed by atoms with van der Waals surface area (Å²) in [5, 5.41) is 12.6. The molecule has 3 nitrogen and oxygen atoms in total. The lowest BCUT2D eigenvalue weighted by molar-refractivity contribution is -0.120. The van der Waals surface area contributed by atoms with Crippen molar-refractivity contribution >= 4 is 23.2 Å². The van der Waals surface area contributed by atoms with E-state index in [9.17, 15) is 9.90 Å². The van der Waals surface area contributed by atoms with Gasteiger partial charge in [0.05, 0.1) is 5.02 Å². The van der Waals surface area contributed by atoms with Gasteiger partial charge in [-0.2, -0.15) is 0 Å². The van der Waals surface area contributed by atoms with Crippen LogP contribution in [0.5, 0.6) is 5.75 Å². The van der Waals surface area contributed by atoms with Gasteiger partial charge in [0, 0.05) is 17.7 Å². The first-order valence-electron chi connectivity index (χ1n) is 6.37. The Hall–Kier alpha value is -1.22. The van der Waals surface area contributed by atoms with Crippen LogP contribution >= 0.6 is 11.6 Å². The van der Waals surface area contributed by atoms with Gasteiger partial charge in [0.25, 0.3) is 0 Å². The number of anilines is 1. The molecule has 18 heavy (non-hydrogen) atoms. The molecule has 1 aromatic rings. The van der Waals surface area contributed by atoms with Gasteiger partial charge in [0.2, 0.25) is 5.91 Å². The van der Waals surface area contributed by atoms with Crippen molar-refractivity contribution in [2.24, 2.45) is 5.92 Å². The van der Waals surface area contributed by atoms with E-state index in [-0.39, 0.29) is 22.6 Å². The first-order chi connectivity index (χ1) is 8.58. The number of aromatic hydroxyl groups is 1. The molecule has 0 radical (unpaired) electrons. The van der Waals surface area contributed by atoms with E-state index >= 15 is 0 Å². The third-order valence-corrected chi connectivity index (χ3v) is 3.30. The molecule has 0 bridgehead atoms. The molecule has 0 aliphatic rings. The normalized spacial score (nSPS) is 12.2. The van der Waals surface area contributed by atoms with Crippen LogP contribution in [0.3, 0.4) is 0 Å². The summed E-state index contributed by atoms with van der Waals surface area (Å²) in [4.78, 5) is 12.0. The van der Waals surface area contributed by atoms with E-state index in [2.05, 4.69) is 12.2 Å². The van der Waals surface area contributed by atoms with Crippen LogP contribution in [0.4, 0.5) is 5.69 Å². The zero-order valence-corrected chi connectivity index (χ0v) is 11.6. The summed E-state index contributed by atoms with van der Waals surface area (Å²) >= 11 is 5.71. The van der Waals surface area contributed by atoms with Crippen LogP contribution in [-0.4, -0.2) is 11.0 Å². The van der Waals surface area contributed by atoms with E-state index in [1.807, 2.05) is 6.92 Å². The van der Waals surface area contributed by atoms with Crippen LogP contribution in [-0.2, 0) is 4.79 Å². The topological polar surface area (TPSA) is 49.3 Å². The maximum Gasteiger partial charge on any atom is 0.227 e. The fourth-order valence-corrected chi connectivity index (χ4v) is 1.92. The molecule has 0 saturated heterocycles. The summed E-state index contributed by atoms with van der Waals surface area (Å²) in [6.07, 6.45) is 3.87. The number of carbonyl (C=O) groups excluding carboxylic acids is 1. The van der Waals surface area contributed by atoms with Crippen molar-refractivity contribution in [2.75, 3.05) is 5.32 Å². The lowest BCUT2D eigenvalue weighted by Gasteiger charge is -2.14. The number of hydrogen-bond acceptors (Lipinski definition) is 2. The highest BCUT2D eigenvalue weighted by Crippen LogP contribution is 2.26. The van der Waals surface area contributed by atoms with Gasteiger partial charge in [-0.25, -0.2) is 0 Å². The molecule has 0 aromatic heterocycles. The molecule has 1 amide bonds. The molecule has 0 spiro atoms. The average molecular weight is 270 g/mol. The van der Waals surface area contributed by atoms with Crippen LogP contribution in [0, 0.1) is 5.92 Å². The van der Waals surface area contributed by atoms with Gasteiger partial charge >= 0.3 is 0 Å². The fourth-order valence-electron chi connectivity index (χ4n) is 1.81. The van der Waals surface area contributed by atoms with Crippen LogP contribution in [0.1, 0.15) is 39.5 Å². The van der Waals surface area contributed by atoms with Crippen LogP contribution < -0.4 is 5.32 Å². The van der Waals surface area contributed by atoms with Gasteiger partial charge in [-0.05, 0) is 25.0 Å². The lowest BCUT2D eigenvalue weighted by Crippen LogP contribution is -2.22. The van der Waals surface area contributed by atoms with Gasteiger partial charge in [0.1, 0.15) is 5.75 Å². The number of halogens is 1. The minimum absolute atomic E-state index is 0.00710. The van der Waals surface area contributed by atoms with Gasteiger partial charge in [-0.15, -0.1) is 0 Å². The SMILES string of the molecule is CCCCC(CC)C(=O)Nc1ccc(Cl)c(O)c1. The number of carbonyl (C=O) groups is 1. The third kappa shape index (κ3) is 4.22. The van der Waals surface area contributed by atoms with Gasteiger partial charge in [-0.3, -0.25) is 4.79 Å². The molecule has 0 aliphatic heterocycles. The fraction of sp³-hybridized carbons (Fsp3) is 0.500. The Kier molecular flexibility index (Phi) is 5.99. The predicted octanol–water partition coefficient (Wildman–Crippen LogP) is 4.20. The molecule has 2 N–H and O–H groups in total. The number of hydrogen-bond donors (Lipinski definition) is 2. The second-order valence-electron chi connectivity index (χ2n) is 4.40. The Balaban J connectivity index is 2.64. The maximum absolute atomic E-state index is 12.0. The predicted molar refractivity (Wildman–Crippen MR) is 75.1 cm³/mol. The van der Waals surface area contributed by atoms with Crippen molar-refractivity contribution in [2.45, 2.75) is 39.5 Å². The van der Waals surface area contributed by atoms with Crippen molar-refractivity contribution in [3.63, 3.8) is 0 Å². The van der Waals surface area contributed by atoms with Gasteiger partial charge in [-0.1, -0.05) is 38.3 Å². The molecule has 1 unspecified atom stereocenters. The zero-order chi connectivity index (χ0) is 13.5. The molecule has 1 atom stereocenters. The molecular formula is C14H20ClNO2. The molecule has 4 heteroatoms. The largest absolute Gasteiger partial charge is 0.506 e. The third-order valence-electron chi connectivity index (χ3n) is 2.98. The van der Waals surface area contributed by atoms with Crippen molar-refractivity contribution in [1.82, 2.24) is 0 Å². The maximum atomic E-state index is 12.0. The Labute approximate surface area is 113 Å². The smallest absolute Gasteiger partial charge is 0.227 e. The number of phenols is 1. The molecule has 0 saturated carbocycles. The second kappa shape index (κ2) is 7.27. The Morgan fingerprint density at radius 3 is 2.72 bits per heavy atom. The van der Waals surface area contributed by atoms with Gasteiger partial charge in [0.15, 0.2) is 0 Å². The number of phenolic OH excluding ortho intramolecular Hbond substituents is 1. The summed E-state index contributed by atoms with van der Waals surface area (Å²) in [7, 11) is 0. The highest BCUT2D eigenvalue weighted by molar-refractivity contribution is 6.32. The number of amides is 1. The Bertz CT molecular complexity index is 407. The number of unbranched alkanes of at least 4 members (excludes halogenated alkanes) is 1.